The molecular weight excluding hydrogens is 404 g/mol. The van der Waals surface area contributed by atoms with E-state index < -0.39 is 17.0 Å². The molecule has 1 aliphatic rings. The van der Waals surface area contributed by atoms with Crippen LogP contribution in [0.15, 0.2) is 30.6 Å². The van der Waals surface area contributed by atoms with E-state index >= 15 is 0 Å². The summed E-state index contributed by atoms with van der Waals surface area (Å²) in [6.07, 6.45) is 2.55. The lowest BCUT2D eigenvalue weighted by atomic mass is 9.86. The molecule has 0 unspecified atom stereocenters. The highest BCUT2D eigenvalue weighted by atomic mass is 19.1. The molecule has 5 rings (SSSR count). The van der Waals surface area contributed by atoms with Crippen molar-refractivity contribution in [3.8, 4) is 11.5 Å². The number of hydrogen-bond acceptors (Lipinski definition) is 6. The fourth-order valence-electron chi connectivity index (χ4n) is 3.88. The standard InChI is InChI=1S/C21H17F2N7O/c1-10-15-17(28-20(31)21(15,2)3)27-18(26-10)16-12-7-11(22)8-25-19(12)30(29-16)9-14-13(23)5-4-6-24-14/h4-8H,9H2,1-3H3,(H,26,27,28,31). The molecule has 0 saturated heterocycles. The van der Waals surface area contributed by atoms with E-state index in [1.807, 2.05) is 0 Å². The molecular formula is C21H17F2N7O. The summed E-state index contributed by atoms with van der Waals surface area (Å²) in [6.45, 7) is 5.38. The van der Waals surface area contributed by atoms with Gasteiger partial charge in [-0.2, -0.15) is 5.10 Å². The Morgan fingerprint density at radius 3 is 2.77 bits per heavy atom. The number of anilines is 1. The van der Waals surface area contributed by atoms with E-state index in [0.29, 0.717) is 28.1 Å². The number of halogens is 2. The Morgan fingerprint density at radius 2 is 2.00 bits per heavy atom. The summed E-state index contributed by atoms with van der Waals surface area (Å²) in [6, 6.07) is 4.08. The van der Waals surface area contributed by atoms with E-state index in [4.69, 9.17) is 0 Å². The van der Waals surface area contributed by atoms with Crippen LogP contribution in [-0.2, 0) is 16.8 Å². The highest BCUT2D eigenvalue weighted by Gasteiger charge is 2.41. The van der Waals surface area contributed by atoms with Crippen LogP contribution in [0.5, 0.6) is 0 Å². The Kier molecular flexibility index (Phi) is 4.07. The number of carbonyl (C=O) groups is 1. The summed E-state index contributed by atoms with van der Waals surface area (Å²) in [4.78, 5) is 29.6. The van der Waals surface area contributed by atoms with Crippen LogP contribution in [0.2, 0.25) is 0 Å². The number of nitrogens with zero attached hydrogens (tertiary/aromatic N) is 6. The molecule has 0 saturated carbocycles. The van der Waals surface area contributed by atoms with E-state index in [9.17, 15) is 13.6 Å². The summed E-state index contributed by atoms with van der Waals surface area (Å²) in [5.41, 5.74) is 1.36. The van der Waals surface area contributed by atoms with Gasteiger partial charge in [-0.3, -0.25) is 9.78 Å². The van der Waals surface area contributed by atoms with Gasteiger partial charge in [-0.05, 0) is 39.0 Å². The molecule has 1 N–H and O–H groups in total. The van der Waals surface area contributed by atoms with E-state index in [-0.39, 0.29) is 29.7 Å². The molecule has 4 aromatic rings. The molecule has 0 aromatic carbocycles. The monoisotopic (exact) mass is 421 g/mol. The number of carbonyl (C=O) groups excluding carboxylic acids is 1. The fourth-order valence-corrected chi connectivity index (χ4v) is 3.88. The van der Waals surface area contributed by atoms with Crippen molar-refractivity contribution in [1.29, 1.82) is 0 Å². The smallest absolute Gasteiger partial charge is 0.235 e. The second kappa shape index (κ2) is 6.59. The summed E-state index contributed by atoms with van der Waals surface area (Å²) >= 11 is 0. The zero-order valence-electron chi connectivity index (χ0n) is 16.9. The lowest BCUT2D eigenvalue weighted by Crippen LogP contribution is -2.27. The van der Waals surface area contributed by atoms with Gasteiger partial charge in [-0.1, -0.05) is 0 Å². The van der Waals surface area contributed by atoms with Gasteiger partial charge in [-0.25, -0.2) is 28.4 Å². The third kappa shape index (κ3) is 2.94. The molecule has 31 heavy (non-hydrogen) atoms. The minimum absolute atomic E-state index is 0.00447. The molecule has 0 bridgehead atoms. The molecule has 1 amide bonds. The van der Waals surface area contributed by atoms with E-state index in [1.165, 1.54) is 29.1 Å². The molecule has 0 fully saturated rings. The third-order valence-electron chi connectivity index (χ3n) is 5.41. The number of fused-ring (bicyclic) bond motifs is 2. The Hall–Kier alpha value is -3.82. The topological polar surface area (TPSA) is 98.5 Å². The Labute approximate surface area is 175 Å². The molecule has 0 atom stereocenters. The number of nitrogens with one attached hydrogen (secondary N) is 1. The van der Waals surface area contributed by atoms with E-state index in [1.54, 1.807) is 20.8 Å². The molecule has 4 aromatic heterocycles. The van der Waals surface area contributed by atoms with Gasteiger partial charge in [0.2, 0.25) is 5.91 Å². The maximum absolute atomic E-state index is 14.1. The molecule has 5 heterocycles. The first kappa shape index (κ1) is 19.2. The van der Waals surface area contributed by atoms with Crippen LogP contribution in [0.1, 0.15) is 30.8 Å². The van der Waals surface area contributed by atoms with Crippen molar-refractivity contribution < 1.29 is 13.6 Å². The second-order valence-corrected chi connectivity index (χ2v) is 7.90. The van der Waals surface area contributed by atoms with Crippen LogP contribution < -0.4 is 5.32 Å². The van der Waals surface area contributed by atoms with Crippen molar-refractivity contribution in [2.24, 2.45) is 0 Å². The minimum Gasteiger partial charge on any atom is -0.310 e. The summed E-state index contributed by atoms with van der Waals surface area (Å²) in [7, 11) is 0. The van der Waals surface area contributed by atoms with Gasteiger partial charge in [-0.15, -0.1) is 0 Å². The van der Waals surface area contributed by atoms with Gasteiger partial charge >= 0.3 is 0 Å². The largest absolute Gasteiger partial charge is 0.310 e. The van der Waals surface area contributed by atoms with Crippen LogP contribution in [0.25, 0.3) is 22.6 Å². The SMILES string of the molecule is Cc1nc(-c2nn(Cc3ncccc3F)c3ncc(F)cc23)nc2c1C(C)(C)C(=O)N2. The Morgan fingerprint density at radius 1 is 1.19 bits per heavy atom. The van der Waals surface area contributed by atoms with Crippen molar-refractivity contribution in [2.75, 3.05) is 5.32 Å². The predicted octanol–water partition coefficient (Wildman–Crippen LogP) is 3.15. The first-order valence-electron chi connectivity index (χ1n) is 9.58. The number of amides is 1. The van der Waals surface area contributed by atoms with E-state index in [0.717, 1.165) is 6.20 Å². The molecule has 0 spiro atoms. The van der Waals surface area contributed by atoms with Crippen molar-refractivity contribution >= 4 is 22.8 Å². The van der Waals surface area contributed by atoms with Crippen molar-refractivity contribution in [1.82, 2.24) is 29.7 Å². The van der Waals surface area contributed by atoms with Crippen molar-refractivity contribution in [2.45, 2.75) is 32.7 Å². The van der Waals surface area contributed by atoms with Crippen molar-refractivity contribution in [3.63, 3.8) is 0 Å². The average Bonchev–Trinajstić information content (AvgIpc) is 3.17. The number of aromatic nitrogens is 6. The highest BCUT2D eigenvalue weighted by Crippen LogP contribution is 2.39. The molecule has 0 radical (unpaired) electrons. The van der Waals surface area contributed by atoms with Gasteiger partial charge in [0.1, 0.15) is 23.1 Å². The molecule has 1 aliphatic heterocycles. The zero-order chi connectivity index (χ0) is 21.9. The summed E-state index contributed by atoms with van der Waals surface area (Å²) in [5.74, 6) is -0.591. The van der Waals surface area contributed by atoms with Crippen LogP contribution in [0.3, 0.4) is 0 Å². The highest BCUT2D eigenvalue weighted by molar-refractivity contribution is 6.05. The molecule has 8 nitrogen and oxygen atoms in total. The third-order valence-corrected chi connectivity index (χ3v) is 5.41. The van der Waals surface area contributed by atoms with Gasteiger partial charge < -0.3 is 5.32 Å². The Balaban J connectivity index is 1.69. The summed E-state index contributed by atoms with van der Waals surface area (Å²) < 4.78 is 29.6. The van der Waals surface area contributed by atoms with Gasteiger partial charge in [0.25, 0.3) is 0 Å². The van der Waals surface area contributed by atoms with Crippen molar-refractivity contribution in [3.05, 3.63) is 59.2 Å². The Bertz CT molecular complexity index is 1380. The number of rotatable bonds is 3. The maximum Gasteiger partial charge on any atom is 0.235 e. The fraction of sp³-hybridized carbons (Fsp3) is 0.238. The molecule has 156 valence electrons. The van der Waals surface area contributed by atoms with Gasteiger partial charge in [0.15, 0.2) is 11.5 Å². The average molecular weight is 421 g/mol. The summed E-state index contributed by atoms with van der Waals surface area (Å²) in [5, 5.41) is 7.65. The minimum atomic E-state index is -0.760. The number of pyridine rings is 2. The number of hydrogen-bond donors (Lipinski definition) is 1. The maximum atomic E-state index is 14.1. The zero-order valence-corrected chi connectivity index (χ0v) is 16.9. The predicted molar refractivity (Wildman–Crippen MR) is 108 cm³/mol. The van der Waals surface area contributed by atoms with Crippen LogP contribution in [-0.4, -0.2) is 35.6 Å². The number of aryl methyl sites for hydroxylation is 1. The lowest BCUT2D eigenvalue weighted by molar-refractivity contribution is -0.119. The first-order valence-corrected chi connectivity index (χ1v) is 9.58. The molecule has 0 aliphatic carbocycles. The van der Waals surface area contributed by atoms with Crippen LogP contribution in [0, 0.1) is 18.6 Å². The molecule has 10 heteroatoms. The second-order valence-electron chi connectivity index (χ2n) is 7.90. The van der Waals surface area contributed by atoms with Crippen LogP contribution >= 0.6 is 0 Å². The lowest BCUT2D eigenvalue weighted by Gasteiger charge is -2.16. The van der Waals surface area contributed by atoms with Gasteiger partial charge in [0.05, 0.1) is 29.2 Å². The quantitative estimate of drug-likeness (QED) is 0.546. The normalized spacial score (nSPS) is 14.7. The van der Waals surface area contributed by atoms with Crippen LogP contribution in [0.4, 0.5) is 14.6 Å². The van der Waals surface area contributed by atoms with E-state index in [2.05, 4.69) is 30.4 Å². The first-order chi connectivity index (χ1) is 14.8. The van der Waals surface area contributed by atoms with Gasteiger partial charge in [0, 0.05) is 17.5 Å².